The first-order chi connectivity index (χ1) is 30.0. The number of allylic oxidation sites excluding steroid dienone is 4. The van der Waals surface area contributed by atoms with Gasteiger partial charge in [-0.15, -0.1) is 0 Å². The molecule has 2 saturated heterocycles. The van der Waals surface area contributed by atoms with E-state index in [0.717, 1.165) is 39.0 Å². The smallest absolute Gasteiger partial charge is 0.0372 e. The molecule has 2 aliphatic carbocycles. The minimum Gasteiger partial charge on any atom is -0.372 e. The minimum absolute atomic E-state index is 0.0272. The van der Waals surface area contributed by atoms with Crippen molar-refractivity contribution >= 4 is 50.1 Å². The summed E-state index contributed by atoms with van der Waals surface area (Å²) < 4.78 is 0. The highest BCUT2D eigenvalue weighted by Crippen LogP contribution is 2.52. The zero-order chi connectivity index (χ0) is 40.9. The van der Waals surface area contributed by atoms with Crippen molar-refractivity contribution in [2.45, 2.75) is 70.6 Å². The van der Waals surface area contributed by atoms with Gasteiger partial charge in [-0.2, -0.15) is 0 Å². The van der Waals surface area contributed by atoms with Crippen LogP contribution in [0.5, 0.6) is 0 Å². The second-order valence-electron chi connectivity index (χ2n) is 18.4. The average molecular weight is 793 g/mol. The highest BCUT2D eigenvalue weighted by atomic mass is 15.1. The molecule has 7 aromatic rings. The number of piperidine rings is 2. The van der Waals surface area contributed by atoms with Crippen LogP contribution in [0.2, 0.25) is 0 Å². The Morgan fingerprint density at radius 2 is 1.07 bits per heavy atom. The molecule has 0 unspecified atom stereocenters. The predicted octanol–water partition coefficient (Wildman–Crippen LogP) is 15.3. The van der Waals surface area contributed by atoms with Crippen LogP contribution in [0, 0.1) is 0 Å². The van der Waals surface area contributed by atoms with Gasteiger partial charge in [0.1, 0.15) is 0 Å². The molecule has 0 aromatic heterocycles. The maximum atomic E-state index is 2.63. The molecule has 2 heteroatoms. The maximum absolute atomic E-state index is 2.63. The average Bonchev–Trinajstić information content (AvgIpc) is 3.56. The molecule has 0 saturated carbocycles. The number of nitrogens with zero attached hydrogens (tertiary/aromatic N) is 2. The Balaban J connectivity index is 1.13. The lowest BCUT2D eigenvalue weighted by atomic mass is 9.78. The van der Waals surface area contributed by atoms with Gasteiger partial charge < -0.3 is 9.80 Å². The van der Waals surface area contributed by atoms with Crippen molar-refractivity contribution in [3.63, 3.8) is 0 Å². The van der Waals surface area contributed by atoms with Crippen LogP contribution < -0.4 is 9.80 Å². The van der Waals surface area contributed by atoms with Gasteiger partial charge in [0.05, 0.1) is 0 Å². The van der Waals surface area contributed by atoms with Crippen LogP contribution in [0.1, 0.15) is 93.0 Å². The molecular weight excluding hydrogens is 737 g/mol. The molecule has 61 heavy (non-hydrogen) atoms. The van der Waals surface area contributed by atoms with Gasteiger partial charge in [0.15, 0.2) is 0 Å². The molecule has 2 nitrogen and oxygen atoms in total. The summed E-state index contributed by atoms with van der Waals surface area (Å²) in [7, 11) is 0. The van der Waals surface area contributed by atoms with E-state index in [2.05, 4.69) is 181 Å². The van der Waals surface area contributed by atoms with E-state index in [9.17, 15) is 0 Å². The fourth-order valence-electron chi connectivity index (χ4n) is 11.2. The van der Waals surface area contributed by atoms with E-state index in [1.807, 2.05) is 0 Å². The lowest BCUT2D eigenvalue weighted by Gasteiger charge is -2.30. The van der Waals surface area contributed by atoms with Crippen LogP contribution in [-0.4, -0.2) is 26.2 Å². The normalized spacial score (nSPS) is 17.1. The first-order valence-corrected chi connectivity index (χ1v) is 23.0. The van der Waals surface area contributed by atoms with Gasteiger partial charge in [-0.1, -0.05) is 135 Å². The van der Waals surface area contributed by atoms with Gasteiger partial charge in [0.2, 0.25) is 0 Å². The summed E-state index contributed by atoms with van der Waals surface area (Å²) >= 11 is 0. The fraction of sp³-hybridized carbons (Fsp3) is 0.254. The van der Waals surface area contributed by atoms with Gasteiger partial charge in [-0.25, -0.2) is 0 Å². The Hall–Kier alpha value is -6.12. The number of fused-ring (bicyclic) bond motifs is 4. The van der Waals surface area contributed by atoms with E-state index in [4.69, 9.17) is 0 Å². The molecule has 0 amide bonds. The van der Waals surface area contributed by atoms with Crippen molar-refractivity contribution < 1.29 is 0 Å². The van der Waals surface area contributed by atoms with Crippen molar-refractivity contribution in [1.29, 1.82) is 0 Å². The Morgan fingerprint density at radius 1 is 0.525 bits per heavy atom. The summed E-state index contributed by atoms with van der Waals surface area (Å²) in [6.07, 6.45) is 17.1. The van der Waals surface area contributed by atoms with E-state index in [0.29, 0.717) is 0 Å². The van der Waals surface area contributed by atoms with E-state index in [-0.39, 0.29) is 5.41 Å². The van der Waals surface area contributed by atoms with Crippen molar-refractivity contribution in [3.05, 3.63) is 185 Å². The van der Waals surface area contributed by atoms with Crippen molar-refractivity contribution in [3.8, 4) is 22.3 Å². The number of hydrogen-bond acceptors (Lipinski definition) is 2. The Bertz CT molecular complexity index is 2820. The van der Waals surface area contributed by atoms with Gasteiger partial charge in [0.25, 0.3) is 0 Å². The van der Waals surface area contributed by atoms with E-state index >= 15 is 0 Å². The second kappa shape index (κ2) is 15.7. The molecule has 0 N–H and O–H groups in total. The topological polar surface area (TPSA) is 6.48 Å². The molecule has 0 atom stereocenters. The molecule has 0 radical (unpaired) electrons. The molecule has 7 aromatic carbocycles. The van der Waals surface area contributed by atoms with Crippen LogP contribution in [0.4, 0.5) is 11.4 Å². The standard InChI is InChI=1S/C59H56N2/c1-59(2)55-22-12-11-21-48(55)49-30-27-45(38-56(49)59)58-51-32-29-46(60-33-13-5-14-34-60)39-53(51)57(50-31-28-47(40-54(50)58)61-35-15-6-16-36-61)44-25-23-41(24-26-44)37-52(42-17-7-3-8-18-42)43-19-9-4-10-20-43/h3-4,7-10,12,17-20,22-32,37-40H,5-6,11,13-16,21,33-36H2,1-2H3. The van der Waals surface area contributed by atoms with Crippen LogP contribution in [0.3, 0.4) is 0 Å². The zero-order valence-electron chi connectivity index (χ0n) is 35.9. The van der Waals surface area contributed by atoms with E-state index in [1.54, 1.807) is 5.57 Å². The first kappa shape index (κ1) is 37.8. The molecule has 2 aliphatic heterocycles. The number of hydrogen-bond donors (Lipinski definition) is 0. The summed E-state index contributed by atoms with van der Waals surface area (Å²) in [6.45, 7) is 9.38. The minimum atomic E-state index is -0.0272. The van der Waals surface area contributed by atoms with Crippen LogP contribution >= 0.6 is 0 Å². The molecular formula is C59H56N2. The number of rotatable bonds is 7. The first-order valence-electron chi connectivity index (χ1n) is 23.0. The van der Waals surface area contributed by atoms with Crippen molar-refractivity contribution in [2.75, 3.05) is 36.0 Å². The van der Waals surface area contributed by atoms with E-state index in [1.165, 1.54) is 133 Å². The highest BCUT2D eigenvalue weighted by Gasteiger charge is 2.37. The molecule has 4 aliphatic rings. The van der Waals surface area contributed by atoms with Gasteiger partial charge in [-0.3, -0.25) is 0 Å². The summed E-state index contributed by atoms with van der Waals surface area (Å²) in [5.41, 5.74) is 18.8. The monoisotopic (exact) mass is 792 g/mol. The number of anilines is 2. The summed E-state index contributed by atoms with van der Waals surface area (Å²) in [5.74, 6) is 0. The van der Waals surface area contributed by atoms with Crippen LogP contribution in [0.25, 0.3) is 61.0 Å². The number of benzene rings is 7. The van der Waals surface area contributed by atoms with Crippen LogP contribution in [-0.2, 0) is 5.41 Å². The summed E-state index contributed by atoms with van der Waals surface area (Å²) in [4.78, 5) is 5.25. The molecule has 2 heterocycles. The fourth-order valence-corrected chi connectivity index (χ4v) is 11.2. The van der Waals surface area contributed by atoms with Crippen molar-refractivity contribution in [2.24, 2.45) is 0 Å². The summed E-state index contributed by atoms with van der Waals surface area (Å²) in [6, 6.07) is 53.3. The van der Waals surface area contributed by atoms with E-state index < -0.39 is 0 Å². The lowest BCUT2D eigenvalue weighted by molar-refractivity contribution is 0.578. The Kier molecular flexibility index (Phi) is 9.76. The van der Waals surface area contributed by atoms with Gasteiger partial charge in [-0.05, 0) is 176 Å². The Labute approximate surface area is 362 Å². The lowest BCUT2D eigenvalue weighted by Crippen LogP contribution is -2.29. The second-order valence-corrected chi connectivity index (χ2v) is 18.4. The zero-order valence-corrected chi connectivity index (χ0v) is 35.9. The molecule has 11 rings (SSSR count). The SMILES string of the molecule is CC1(C)C2=C(CCC=C2)c2ccc(-c3c4ccc(N5CCCCC5)cc4c(-c4ccc(C=C(c5ccccc5)c5ccccc5)cc4)c4ccc(N5CCCCC5)cc34)cc21. The van der Waals surface area contributed by atoms with Gasteiger partial charge in [0, 0.05) is 43.0 Å². The largest absolute Gasteiger partial charge is 0.372 e. The third-order valence-corrected chi connectivity index (χ3v) is 14.4. The maximum Gasteiger partial charge on any atom is 0.0372 e. The predicted molar refractivity (Wildman–Crippen MR) is 263 cm³/mol. The molecule has 2 fully saturated rings. The van der Waals surface area contributed by atoms with Gasteiger partial charge >= 0.3 is 0 Å². The molecule has 302 valence electrons. The third kappa shape index (κ3) is 6.81. The Morgan fingerprint density at radius 3 is 1.64 bits per heavy atom. The highest BCUT2D eigenvalue weighted by molar-refractivity contribution is 6.22. The molecule has 0 spiro atoms. The quantitative estimate of drug-likeness (QED) is 0.117. The van der Waals surface area contributed by atoms with Crippen molar-refractivity contribution in [1.82, 2.24) is 0 Å². The van der Waals surface area contributed by atoms with Crippen LogP contribution in [0.15, 0.2) is 157 Å². The summed E-state index contributed by atoms with van der Waals surface area (Å²) in [5, 5.41) is 5.36. The molecule has 0 bridgehead atoms. The third-order valence-electron chi connectivity index (χ3n) is 14.4.